The Morgan fingerprint density at radius 2 is 2.00 bits per heavy atom. The molecule has 1 fully saturated rings. The van der Waals surface area contributed by atoms with Gasteiger partial charge in [-0.2, -0.15) is 0 Å². The molecule has 16 heavy (non-hydrogen) atoms. The molecule has 0 amide bonds. The van der Waals surface area contributed by atoms with Crippen molar-refractivity contribution in [2.75, 3.05) is 11.0 Å². The molecule has 1 aliphatic heterocycles. The fourth-order valence-corrected chi connectivity index (χ4v) is 3.65. The van der Waals surface area contributed by atoms with Crippen LogP contribution in [0.2, 0.25) is 0 Å². The summed E-state index contributed by atoms with van der Waals surface area (Å²) in [5.41, 5.74) is 0.507. The van der Waals surface area contributed by atoms with Gasteiger partial charge in [-0.1, -0.05) is 56.2 Å². The predicted molar refractivity (Wildman–Crippen MR) is 76.4 cm³/mol. The first-order valence-corrected chi connectivity index (χ1v) is 7.78. The second-order valence-corrected chi connectivity index (χ2v) is 7.01. The number of halogens is 1. The molecule has 1 heterocycles. The summed E-state index contributed by atoms with van der Waals surface area (Å²) in [6.45, 7) is 7.54. The van der Waals surface area contributed by atoms with Gasteiger partial charge in [0.05, 0.1) is 11.5 Å². The number of hydrogen-bond acceptors (Lipinski definition) is 2. The number of ether oxygens (including phenoxy) is 1. The average Bonchev–Trinajstić information content (AvgIpc) is 2.86. The SMILES string of the molecule is CC(C)(C)[C@H]1COC(C2(CI)CCCC2)=N1. The van der Waals surface area contributed by atoms with E-state index in [2.05, 4.69) is 43.4 Å². The Labute approximate surface area is 112 Å². The average molecular weight is 335 g/mol. The van der Waals surface area contributed by atoms with Crippen LogP contribution in [0.4, 0.5) is 0 Å². The van der Waals surface area contributed by atoms with E-state index in [0.29, 0.717) is 6.04 Å². The molecule has 3 heteroatoms. The zero-order valence-corrected chi connectivity index (χ0v) is 12.7. The molecule has 1 atom stereocenters. The minimum atomic E-state index is 0.229. The van der Waals surface area contributed by atoms with Crippen molar-refractivity contribution < 1.29 is 4.74 Å². The summed E-state index contributed by atoms with van der Waals surface area (Å²) in [5, 5.41) is 0. The lowest BCUT2D eigenvalue weighted by Crippen LogP contribution is -2.30. The van der Waals surface area contributed by atoms with Crippen molar-refractivity contribution in [3.8, 4) is 0 Å². The van der Waals surface area contributed by atoms with Crippen LogP contribution in [-0.2, 0) is 4.74 Å². The standard InChI is InChI=1S/C13H22INO/c1-12(2,3)10-8-16-11(15-10)13(9-14)6-4-5-7-13/h10H,4-9H2,1-3H3/t10-/m1/s1. The van der Waals surface area contributed by atoms with E-state index in [9.17, 15) is 0 Å². The minimum absolute atomic E-state index is 0.229. The fourth-order valence-electron chi connectivity index (χ4n) is 2.56. The number of hydrogen-bond donors (Lipinski definition) is 0. The normalized spacial score (nSPS) is 29.0. The van der Waals surface area contributed by atoms with Gasteiger partial charge in [0.15, 0.2) is 5.90 Å². The Balaban J connectivity index is 2.16. The van der Waals surface area contributed by atoms with Gasteiger partial charge in [0.1, 0.15) is 6.61 Å². The van der Waals surface area contributed by atoms with Crippen LogP contribution in [0.3, 0.4) is 0 Å². The van der Waals surface area contributed by atoms with Gasteiger partial charge < -0.3 is 4.74 Å². The van der Waals surface area contributed by atoms with Crippen molar-refractivity contribution in [1.82, 2.24) is 0 Å². The Kier molecular flexibility index (Phi) is 3.53. The quantitative estimate of drug-likeness (QED) is 0.555. The highest BCUT2D eigenvalue weighted by molar-refractivity contribution is 14.1. The molecule has 1 saturated carbocycles. The molecule has 0 saturated heterocycles. The first-order valence-electron chi connectivity index (χ1n) is 6.25. The van der Waals surface area contributed by atoms with Crippen molar-refractivity contribution >= 4 is 28.5 Å². The zero-order valence-electron chi connectivity index (χ0n) is 10.6. The van der Waals surface area contributed by atoms with Crippen LogP contribution >= 0.6 is 22.6 Å². The summed E-state index contributed by atoms with van der Waals surface area (Å²) in [6.07, 6.45) is 5.22. The van der Waals surface area contributed by atoms with E-state index < -0.39 is 0 Å². The van der Waals surface area contributed by atoms with Crippen molar-refractivity contribution in [3.63, 3.8) is 0 Å². The lowest BCUT2D eigenvalue weighted by atomic mass is 9.87. The highest BCUT2D eigenvalue weighted by Gasteiger charge is 2.43. The fraction of sp³-hybridized carbons (Fsp3) is 0.923. The van der Waals surface area contributed by atoms with E-state index in [1.165, 1.54) is 25.7 Å². The van der Waals surface area contributed by atoms with Gasteiger partial charge in [-0.15, -0.1) is 0 Å². The zero-order chi connectivity index (χ0) is 11.8. The van der Waals surface area contributed by atoms with Gasteiger partial charge in [-0.05, 0) is 18.3 Å². The maximum Gasteiger partial charge on any atom is 0.190 e. The highest BCUT2D eigenvalue weighted by Crippen LogP contribution is 2.43. The minimum Gasteiger partial charge on any atom is -0.478 e. The monoisotopic (exact) mass is 335 g/mol. The van der Waals surface area contributed by atoms with Gasteiger partial charge in [0.25, 0.3) is 0 Å². The second kappa shape index (κ2) is 4.46. The maximum atomic E-state index is 5.92. The van der Waals surface area contributed by atoms with E-state index in [0.717, 1.165) is 16.9 Å². The van der Waals surface area contributed by atoms with Crippen LogP contribution < -0.4 is 0 Å². The third-order valence-corrected chi connectivity index (χ3v) is 5.38. The third-order valence-electron chi connectivity index (χ3n) is 3.92. The molecule has 2 nitrogen and oxygen atoms in total. The summed E-state index contributed by atoms with van der Waals surface area (Å²) in [7, 11) is 0. The molecule has 2 rings (SSSR count). The maximum absolute atomic E-state index is 5.92. The largest absolute Gasteiger partial charge is 0.478 e. The summed E-state index contributed by atoms with van der Waals surface area (Å²) in [5.74, 6) is 1.07. The van der Waals surface area contributed by atoms with E-state index in [4.69, 9.17) is 9.73 Å². The van der Waals surface area contributed by atoms with E-state index >= 15 is 0 Å². The molecule has 0 N–H and O–H groups in total. The van der Waals surface area contributed by atoms with E-state index in [1.54, 1.807) is 0 Å². The first-order chi connectivity index (χ1) is 7.48. The Hall–Kier alpha value is 0.200. The summed E-state index contributed by atoms with van der Waals surface area (Å²) >= 11 is 2.50. The molecule has 0 aromatic rings. The molecule has 0 bridgehead atoms. The molecule has 92 valence electrons. The Bertz CT molecular complexity index is 287. The highest BCUT2D eigenvalue weighted by atomic mass is 127. The van der Waals surface area contributed by atoms with Crippen molar-refractivity contribution in [2.45, 2.75) is 52.5 Å². The van der Waals surface area contributed by atoms with Gasteiger partial charge in [0, 0.05) is 4.43 Å². The lowest BCUT2D eigenvalue weighted by molar-refractivity contribution is 0.220. The number of alkyl halides is 1. The van der Waals surface area contributed by atoms with E-state index in [-0.39, 0.29) is 10.8 Å². The lowest BCUT2D eigenvalue weighted by Gasteiger charge is -2.25. The summed E-state index contributed by atoms with van der Waals surface area (Å²) in [4.78, 5) is 4.87. The number of rotatable bonds is 2. The molecule has 2 aliphatic rings. The van der Waals surface area contributed by atoms with Crippen LogP contribution in [0, 0.1) is 10.8 Å². The van der Waals surface area contributed by atoms with Crippen LogP contribution in [0.25, 0.3) is 0 Å². The van der Waals surface area contributed by atoms with E-state index in [1.807, 2.05) is 0 Å². The third kappa shape index (κ3) is 2.24. The molecule has 0 aromatic heterocycles. The molecular weight excluding hydrogens is 313 g/mol. The van der Waals surface area contributed by atoms with Gasteiger partial charge >= 0.3 is 0 Å². The molecular formula is C13H22INO. The molecule has 1 aliphatic carbocycles. The number of aliphatic imine (C=N–C) groups is 1. The van der Waals surface area contributed by atoms with Gasteiger partial charge in [0.2, 0.25) is 0 Å². The molecule has 0 aromatic carbocycles. The molecule has 0 radical (unpaired) electrons. The summed E-state index contributed by atoms with van der Waals surface area (Å²) < 4.78 is 7.07. The topological polar surface area (TPSA) is 21.6 Å². The van der Waals surface area contributed by atoms with Crippen molar-refractivity contribution in [2.24, 2.45) is 15.8 Å². The van der Waals surface area contributed by atoms with Crippen LogP contribution in [-0.4, -0.2) is 23.0 Å². The molecule has 0 spiro atoms. The number of nitrogens with zero attached hydrogens (tertiary/aromatic N) is 1. The van der Waals surface area contributed by atoms with Crippen LogP contribution in [0.5, 0.6) is 0 Å². The first kappa shape index (κ1) is 12.7. The van der Waals surface area contributed by atoms with Crippen LogP contribution in [0.1, 0.15) is 46.5 Å². The van der Waals surface area contributed by atoms with Crippen molar-refractivity contribution in [1.29, 1.82) is 0 Å². The predicted octanol–water partition coefficient (Wildman–Crippen LogP) is 3.83. The van der Waals surface area contributed by atoms with Gasteiger partial charge in [-0.25, -0.2) is 4.99 Å². The summed E-state index contributed by atoms with van der Waals surface area (Å²) in [6, 6.07) is 0.350. The second-order valence-electron chi connectivity index (χ2n) is 6.25. The van der Waals surface area contributed by atoms with Gasteiger partial charge in [-0.3, -0.25) is 0 Å². The molecule has 0 unspecified atom stereocenters. The smallest absolute Gasteiger partial charge is 0.190 e. The van der Waals surface area contributed by atoms with Crippen LogP contribution in [0.15, 0.2) is 4.99 Å². The Morgan fingerprint density at radius 1 is 1.38 bits per heavy atom. The van der Waals surface area contributed by atoms with Crippen molar-refractivity contribution in [3.05, 3.63) is 0 Å². The Morgan fingerprint density at radius 3 is 2.44 bits per heavy atom.